The number of aryl methyl sites for hydroxylation is 1. The maximum absolute atomic E-state index is 4.58. The van der Waals surface area contributed by atoms with Gasteiger partial charge in [-0.25, -0.2) is 0 Å². The zero-order valence-electron chi connectivity index (χ0n) is 18.8. The SMILES string of the molecule is C=Cc1ccc2c(c1)c1cc(/C=C/c3ccc(-c4ccccn4)c4nsnc34)ccc1n2CC. The van der Waals surface area contributed by atoms with E-state index in [1.165, 1.54) is 33.5 Å². The maximum Gasteiger partial charge on any atom is 0.114 e. The van der Waals surface area contributed by atoms with Gasteiger partial charge in [0, 0.05) is 45.7 Å². The molecular weight excluding hydrogens is 436 g/mol. The minimum atomic E-state index is 0.893. The minimum Gasteiger partial charge on any atom is -0.341 e. The Morgan fingerprint density at radius 3 is 2.35 bits per heavy atom. The van der Waals surface area contributed by atoms with Gasteiger partial charge in [0.25, 0.3) is 0 Å². The van der Waals surface area contributed by atoms with Crippen molar-refractivity contribution in [2.75, 3.05) is 0 Å². The fourth-order valence-electron chi connectivity index (χ4n) is 4.65. The van der Waals surface area contributed by atoms with Crippen LogP contribution >= 0.6 is 11.7 Å². The van der Waals surface area contributed by atoms with Gasteiger partial charge >= 0.3 is 0 Å². The predicted molar refractivity (Wildman–Crippen MR) is 145 cm³/mol. The van der Waals surface area contributed by atoms with Gasteiger partial charge in [-0.3, -0.25) is 4.98 Å². The Morgan fingerprint density at radius 2 is 1.62 bits per heavy atom. The highest BCUT2D eigenvalue weighted by atomic mass is 32.1. The second-order valence-electron chi connectivity index (χ2n) is 8.21. The molecule has 3 aromatic carbocycles. The molecule has 0 N–H and O–H groups in total. The molecule has 0 atom stereocenters. The summed E-state index contributed by atoms with van der Waals surface area (Å²) in [5.41, 5.74) is 9.56. The molecule has 0 aliphatic rings. The second kappa shape index (κ2) is 8.36. The summed E-state index contributed by atoms with van der Waals surface area (Å²) < 4.78 is 11.5. The molecule has 0 bridgehead atoms. The first-order valence-corrected chi connectivity index (χ1v) is 12.0. The quantitative estimate of drug-likeness (QED) is 0.249. The van der Waals surface area contributed by atoms with Crippen LogP contribution in [0.25, 0.3) is 62.3 Å². The van der Waals surface area contributed by atoms with E-state index < -0.39 is 0 Å². The molecule has 5 heteroatoms. The lowest BCUT2D eigenvalue weighted by Gasteiger charge is -2.04. The normalized spacial score (nSPS) is 11.8. The lowest BCUT2D eigenvalue weighted by molar-refractivity contribution is 0.827. The summed E-state index contributed by atoms with van der Waals surface area (Å²) in [4.78, 5) is 4.49. The number of pyridine rings is 1. The molecule has 0 radical (unpaired) electrons. The molecule has 0 spiro atoms. The zero-order chi connectivity index (χ0) is 23.1. The highest BCUT2D eigenvalue weighted by molar-refractivity contribution is 7.00. The van der Waals surface area contributed by atoms with Crippen LogP contribution in [-0.4, -0.2) is 18.3 Å². The van der Waals surface area contributed by atoms with E-state index >= 15 is 0 Å². The third-order valence-electron chi connectivity index (χ3n) is 6.31. The molecule has 3 aromatic heterocycles. The predicted octanol–water partition coefficient (Wildman–Crippen LogP) is 7.69. The second-order valence-corrected chi connectivity index (χ2v) is 8.74. The largest absolute Gasteiger partial charge is 0.341 e. The van der Waals surface area contributed by atoms with Crippen molar-refractivity contribution in [3.05, 3.63) is 96.2 Å². The van der Waals surface area contributed by atoms with Crippen LogP contribution in [0.4, 0.5) is 0 Å². The van der Waals surface area contributed by atoms with Gasteiger partial charge in [0.2, 0.25) is 0 Å². The highest BCUT2D eigenvalue weighted by Gasteiger charge is 2.12. The Balaban J connectivity index is 1.44. The van der Waals surface area contributed by atoms with Gasteiger partial charge in [0.1, 0.15) is 11.0 Å². The van der Waals surface area contributed by atoms with Crippen LogP contribution in [0.1, 0.15) is 23.6 Å². The van der Waals surface area contributed by atoms with Crippen LogP contribution in [0.2, 0.25) is 0 Å². The van der Waals surface area contributed by atoms with E-state index in [9.17, 15) is 0 Å². The molecule has 34 heavy (non-hydrogen) atoms. The van der Waals surface area contributed by atoms with Crippen molar-refractivity contribution in [1.29, 1.82) is 0 Å². The van der Waals surface area contributed by atoms with Crippen LogP contribution in [-0.2, 0) is 6.54 Å². The molecule has 0 aliphatic carbocycles. The van der Waals surface area contributed by atoms with Crippen LogP contribution in [0.3, 0.4) is 0 Å². The van der Waals surface area contributed by atoms with Gasteiger partial charge in [0.15, 0.2) is 0 Å². The lowest BCUT2D eigenvalue weighted by atomic mass is 10.0. The highest BCUT2D eigenvalue weighted by Crippen LogP contribution is 2.32. The van der Waals surface area contributed by atoms with Crippen molar-refractivity contribution in [3.8, 4) is 11.3 Å². The van der Waals surface area contributed by atoms with Crippen molar-refractivity contribution < 1.29 is 0 Å². The van der Waals surface area contributed by atoms with Crippen molar-refractivity contribution in [2.24, 2.45) is 0 Å². The summed E-state index contributed by atoms with van der Waals surface area (Å²) in [6.07, 6.45) is 7.99. The van der Waals surface area contributed by atoms with Crippen LogP contribution < -0.4 is 0 Å². The third-order valence-corrected chi connectivity index (χ3v) is 6.84. The Hall–Kier alpha value is -4.09. The topological polar surface area (TPSA) is 43.6 Å². The Morgan fingerprint density at radius 1 is 0.853 bits per heavy atom. The number of aromatic nitrogens is 4. The minimum absolute atomic E-state index is 0.893. The van der Waals surface area contributed by atoms with Crippen molar-refractivity contribution >= 4 is 62.8 Å². The summed E-state index contributed by atoms with van der Waals surface area (Å²) in [5.74, 6) is 0. The lowest BCUT2D eigenvalue weighted by Crippen LogP contribution is -1.92. The fourth-order valence-corrected chi connectivity index (χ4v) is 5.23. The number of rotatable bonds is 5. The van der Waals surface area contributed by atoms with E-state index in [4.69, 9.17) is 0 Å². The van der Waals surface area contributed by atoms with Gasteiger partial charge in [-0.15, -0.1) is 0 Å². The molecular formula is C29H22N4S. The Labute approximate surface area is 201 Å². The average molecular weight is 459 g/mol. The van der Waals surface area contributed by atoms with Gasteiger partial charge in [-0.1, -0.05) is 49.1 Å². The van der Waals surface area contributed by atoms with Gasteiger partial charge in [0.05, 0.1) is 17.4 Å². The summed E-state index contributed by atoms with van der Waals surface area (Å²) in [6.45, 7) is 7.06. The first-order chi connectivity index (χ1) is 16.8. The molecule has 0 amide bonds. The number of nitrogens with zero attached hydrogens (tertiary/aromatic N) is 4. The zero-order valence-corrected chi connectivity index (χ0v) is 19.6. The third kappa shape index (κ3) is 3.33. The van der Waals surface area contributed by atoms with E-state index in [0.29, 0.717) is 0 Å². The fraction of sp³-hybridized carbons (Fsp3) is 0.0690. The van der Waals surface area contributed by atoms with Gasteiger partial charge in [-0.2, -0.15) is 8.75 Å². The number of benzene rings is 3. The standard InChI is InChI=1S/C29H22N4S/c1-3-19-9-14-26-23(17-19)24-18-20(10-15-27(24)33(26)4-2)8-11-21-12-13-22(25-7-5-6-16-30-25)29-28(21)31-34-32-29/h3,5-18H,1,4H2,2H3/b11-8+. The summed E-state index contributed by atoms with van der Waals surface area (Å²) in [7, 11) is 0. The first-order valence-electron chi connectivity index (χ1n) is 11.3. The maximum atomic E-state index is 4.58. The van der Waals surface area contributed by atoms with E-state index in [0.717, 1.165) is 45.5 Å². The number of hydrogen-bond donors (Lipinski definition) is 0. The summed E-state index contributed by atoms with van der Waals surface area (Å²) in [6, 6.07) is 23.3. The smallest absolute Gasteiger partial charge is 0.114 e. The van der Waals surface area contributed by atoms with Crippen LogP contribution in [0.15, 0.2) is 79.5 Å². The Kier molecular flexibility index (Phi) is 5.04. The molecule has 3 heterocycles. The molecule has 6 rings (SSSR count). The molecule has 164 valence electrons. The molecule has 4 nitrogen and oxygen atoms in total. The van der Waals surface area contributed by atoms with E-state index in [2.05, 4.69) is 92.5 Å². The monoisotopic (exact) mass is 458 g/mol. The van der Waals surface area contributed by atoms with Crippen LogP contribution in [0, 0.1) is 0 Å². The molecule has 0 fully saturated rings. The Bertz CT molecular complexity index is 1710. The molecule has 0 saturated heterocycles. The van der Waals surface area contributed by atoms with Crippen LogP contribution in [0.5, 0.6) is 0 Å². The van der Waals surface area contributed by atoms with Gasteiger partial charge in [-0.05, 0) is 60.5 Å². The molecule has 6 aromatic rings. The number of hydrogen-bond acceptors (Lipinski definition) is 4. The summed E-state index contributed by atoms with van der Waals surface area (Å²) in [5, 5.41) is 2.52. The van der Waals surface area contributed by atoms with Crippen molar-refractivity contribution in [1.82, 2.24) is 18.3 Å². The first kappa shape index (κ1) is 20.5. The van der Waals surface area contributed by atoms with Crippen molar-refractivity contribution in [3.63, 3.8) is 0 Å². The van der Waals surface area contributed by atoms with Gasteiger partial charge < -0.3 is 4.57 Å². The molecule has 0 aliphatic heterocycles. The number of fused-ring (bicyclic) bond motifs is 4. The van der Waals surface area contributed by atoms with Crippen molar-refractivity contribution in [2.45, 2.75) is 13.5 Å². The van der Waals surface area contributed by atoms with E-state index in [1.807, 2.05) is 24.3 Å². The molecule has 0 saturated carbocycles. The average Bonchev–Trinajstić information content (AvgIpc) is 3.50. The molecule has 0 unspecified atom stereocenters. The van der Waals surface area contributed by atoms with E-state index in [1.54, 1.807) is 6.20 Å². The van der Waals surface area contributed by atoms with E-state index in [-0.39, 0.29) is 0 Å². The summed E-state index contributed by atoms with van der Waals surface area (Å²) >= 11 is 1.24.